The second-order valence-corrected chi connectivity index (χ2v) is 3.76. The van der Waals surface area contributed by atoms with Gasteiger partial charge >= 0.3 is 0 Å². The molecule has 2 aliphatic rings. The molecule has 0 aromatic carbocycles. The number of thioether (sulfide) groups is 1. The van der Waals surface area contributed by atoms with Crippen molar-refractivity contribution in [1.82, 2.24) is 5.32 Å². The number of rotatable bonds is 0. The van der Waals surface area contributed by atoms with Gasteiger partial charge in [-0.1, -0.05) is 0 Å². The first-order chi connectivity index (χ1) is 5.27. The SMILES string of the molecule is O=C1C=C2SCCC2C(=O)N1. The number of imide groups is 1. The molecule has 1 fully saturated rings. The van der Waals surface area contributed by atoms with Crippen molar-refractivity contribution < 1.29 is 9.59 Å². The van der Waals surface area contributed by atoms with Crippen molar-refractivity contribution in [3.8, 4) is 0 Å². The van der Waals surface area contributed by atoms with E-state index in [2.05, 4.69) is 5.32 Å². The lowest BCUT2D eigenvalue weighted by Gasteiger charge is -2.14. The maximum Gasteiger partial charge on any atom is 0.251 e. The Bertz CT molecular complexity index is 259. The van der Waals surface area contributed by atoms with Crippen LogP contribution < -0.4 is 5.32 Å². The van der Waals surface area contributed by atoms with E-state index in [9.17, 15) is 9.59 Å². The van der Waals surface area contributed by atoms with Crippen molar-refractivity contribution in [1.29, 1.82) is 0 Å². The molecule has 0 saturated carbocycles. The molecule has 0 aliphatic carbocycles. The van der Waals surface area contributed by atoms with E-state index in [1.54, 1.807) is 11.8 Å². The van der Waals surface area contributed by atoms with Crippen LogP contribution in [0.4, 0.5) is 0 Å². The summed E-state index contributed by atoms with van der Waals surface area (Å²) in [6, 6.07) is 0. The molecule has 0 bridgehead atoms. The third-order valence-corrected chi connectivity index (χ3v) is 3.03. The number of carbonyl (C=O) groups is 2. The molecule has 2 rings (SSSR count). The number of hydrogen-bond donors (Lipinski definition) is 1. The highest BCUT2D eigenvalue weighted by molar-refractivity contribution is 8.03. The molecule has 0 spiro atoms. The lowest BCUT2D eigenvalue weighted by atomic mass is 10.0. The van der Waals surface area contributed by atoms with Crippen molar-refractivity contribution in [2.45, 2.75) is 6.42 Å². The summed E-state index contributed by atoms with van der Waals surface area (Å²) in [7, 11) is 0. The Kier molecular flexibility index (Phi) is 1.49. The van der Waals surface area contributed by atoms with Gasteiger partial charge in [0, 0.05) is 11.0 Å². The van der Waals surface area contributed by atoms with E-state index < -0.39 is 0 Å². The molecule has 1 atom stereocenters. The van der Waals surface area contributed by atoms with Gasteiger partial charge < -0.3 is 0 Å². The monoisotopic (exact) mass is 169 g/mol. The zero-order valence-electron chi connectivity index (χ0n) is 5.79. The molecule has 11 heavy (non-hydrogen) atoms. The zero-order valence-corrected chi connectivity index (χ0v) is 6.61. The summed E-state index contributed by atoms with van der Waals surface area (Å²) in [5, 5.41) is 2.28. The van der Waals surface area contributed by atoms with E-state index >= 15 is 0 Å². The lowest BCUT2D eigenvalue weighted by Crippen LogP contribution is -2.37. The molecular weight excluding hydrogens is 162 g/mol. The summed E-state index contributed by atoms with van der Waals surface area (Å²) < 4.78 is 0. The first kappa shape index (κ1) is 6.91. The molecule has 2 heterocycles. The third-order valence-electron chi connectivity index (χ3n) is 1.85. The van der Waals surface area contributed by atoms with Crippen LogP contribution in [0.1, 0.15) is 6.42 Å². The van der Waals surface area contributed by atoms with Gasteiger partial charge in [-0.3, -0.25) is 14.9 Å². The third kappa shape index (κ3) is 1.07. The molecule has 1 N–H and O–H groups in total. The van der Waals surface area contributed by atoms with Crippen LogP contribution in [0.25, 0.3) is 0 Å². The van der Waals surface area contributed by atoms with E-state index in [1.165, 1.54) is 6.08 Å². The number of hydrogen-bond acceptors (Lipinski definition) is 3. The van der Waals surface area contributed by atoms with Gasteiger partial charge in [-0.15, -0.1) is 11.8 Å². The maximum absolute atomic E-state index is 11.1. The first-order valence-corrected chi connectivity index (χ1v) is 4.45. The minimum Gasteiger partial charge on any atom is -0.292 e. The van der Waals surface area contributed by atoms with Crippen molar-refractivity contribution in [3.63, 3.8) is 0 Å². The van der Waals surface area contributed by atoms with Crippen LogP contribution in [0.2, 0.25) is 0 Å². The summed E-state index contributed by atoms with van der Waals surface area (Å²) >= 11 is 1.61. The van der Waals surface area contributed by atoms with Gasteiger partial charge in [0.25, 0.3) is 5.91 Å². The highest BCUT2D eigenvalue weighted by Crippen LogP contribution is 2.37. The number of carbonyl (C=O) groups excluding carboxylic acids is 2. The van der Waals surface area contributed by atoms with Crippen LogP contribution in [-0.4, -0.2) is 17.6 Å². The number of fused-ring (bicyclic) bond motifs is 1. The summed E-state index contributed by atoms with van der Waals surface area (Å²) in [4.78, 5) is 22.8. The second-order valence-electron chi connectivity index (χ2n) is 2.59. The van der Waals surface area contributed by atoms with Gasteiger partial charge in [0.05, 0.1) is 5.92 Å². The molecule has 2 amide bonds. The lowest BCUT2D eigenvalue weighted by molar-refractivity contribution is -0.130. The fraction of sp³-hybridized carbons (Fsp3) is 0.429. The Morgan fingerprint density at radius 3 is 3.18 bits per heavy atom. The number of amides is 2. The van der Waals surface area contributed by atoms with Crippen molar-refractivity contribution >= 4 is 23.6 Å². The Labute approximate surface area is 68.2 Å². The van der Waals surface area contributed by atoms with Crippen LogP contribution in [0.3, 0.4) is 0 Å². The molecule has 58 valence electrons. The molecular formula is C7H7NO2S. The van der Waals surface area contributed by atoms with Gasteiger partial charge in [-0.2, -0.15) is 0 Å². The van der Waals surface area contributed by atoms with Crippen LogP contribution in [0.15, 0.2) is 11.0 Å². The largest absolute Gasteiger partial charge is 0.292 e. The molecule has 0 aromatic heterocycles. The Hall–Kier alpha value is -0.770. The van der Waals surface area contributed by atoms with E-state index in [-0.39, 0.29) is 17.7 Å². The van der Waals surface area contributed by atoms with Gasteiger partial charge in [0.2, 0.25) is 5.91 Å². The Balaban J connectivity index is 2.34. The minimum atomic E-state index is -0.268. The van der Waals surface area contributed by atoms with E-state index in [0.29, 0.717) is 0 Å². The second kappa shape index (κ2) is 2.37. The standard InChI is InChI=1S/C7H7NO2S/c9-6-3-5-4(1-2-11-5)7(10)8-6/h3-4H,1-2H2,(H,8,9,10). The van der Waals surface area contributed by atoms with E-state index in [0.717, 1.165) is 17.1 Å². The molecule has 1 saturated heterocycles. The fourth-order valence-electron chi connectivity index (χ4n) is 1.31. The van der Waals surface area contributed by atoms with Crippen molar-refractivity contribution in [2.75, 3.05) is 5.75 Å². The molecule has 0 radical (unpaired) electrons. The average molecular weight is 169 g/mol. The zero-order chi connectivity index (χ0) is 7.84. The summed E-state index contributed by atoms with van der Waals surface area (Å²) in [5.41, 5.74) is 0. The molecule has 3 nitrogen and oxygen atoms in total. The number of nitrogens with one attached hydrogen (secondary N) is 1. The minimum absolute atomic E-state index is 0.0299. The molecule has 2 aliphatic heterocycles. The predicted molar refractivity (Wildman–Crippen MR) is 41.8 cm³/mol. The average Bonchev–Trinajstić information content (AvgIpc) is 2.34. The van der Waals surface area contributed by atoms with Gasteiger partial charge in [-0.05, 0) is 12.2 Å². The van der Waals surface area contributed by atoms with Crippen LogP contribution >= 0.6 is 11.8 Å². The smallest absolute Gasteiger partial charge is 0.251 e. The highest BCUT2D eigenvalue weighted by Gasteiger charge is 2.32. The Morgan fingerprint density at radius 1 is 1.55 bits per heavy atom. The fourth-order valence-corrected chi connectivity index (χ4v) is 2.52. The van der Waals surface area contributed by atoms with E-state index in [4.69, 9.17) is 0 Å². The van der Waals surface area contributed by atoms with Crippen LogP contribution in [-0.2, 0) is 9.59 Å². The summed E-state index contributed by atoms with van der Waals surface area (Å²) in [6.45, 7) is 0. The van der Waals surface area contributed by atoms with Gasteiger partial charge in [-0.25, -0.2) is 0 Å². The maximum atomic E-state index is 11.1. The van der Waals surface area contributed by atoms with Crippen molar-refractivity contribution in [2.24, 2.45) is 5.92 Å². The normalized spacial score (nSPS) is 29.5. The highest BCUT2D eigenvalue weighted by atomic mass is 32.2. The van der Waals surface area contributed by atoms with Gasteiger partial charge in [0.1, 0.15) is 0 Å². The topological polar surface area (TPSA) is 46.2 Å². The molecule has 4 heteroatoms. The molecule has 1 unspecified atom stereocenters. The predicted octanol–water partition coefficient (Wildman–Crippen LogP) is 0.280. The van der Waals surface area contributed by atoms with Gasteiger partial charge in [0.15, 0.2) is 0 Å². The summed E-state index contributed by atoms with van der Waals surface area (Å²) in [5.74, 6) is 0.530. The quantitative estimate of drug-likeness (QED) is 0.530. The molecule has 0 aromatic rings. The summed E-state index contributed by atoms with van der Waals surface area (Å²) in [6.07, 6.45) is 2.40. The van der Waals surface area contributed by atoms with Crippen molar-refractivity contribution in [3.05, 3.63) is 11.0 Å². The Morgan fingerprint density at radius 2 is 2.36 bits per heavy atom. The van der Waals surface area contributed by atoms with Crippen LogP contribution in [0.5, 0.6) is 0 Å². The first-order valence-electron chi connectivity index (χ1n) is 3.46. The van der Waals surface area contributed by atoms with E-state index in [1.807, 2.05) is 0 Å². The van der Waals surface area contributed by atoms with Crippen LogP contribution in [0, 0.1) is 5.92 Å².